The third kappa shape index (κ3) is 4.61. The number of hydrogen-bond donors (Lipinski definition) is 0. The van der Waals surface area contributed by atoms with Crippen LogP contribution in [0.1, 0.15) is 13.8 Å². The lowest BCUT2D eigenvalue weighted by Crippen LogP contribution is -2.50. The van der Waals surface area contributed by atoms with Crippen LogP contribution in [0.25, 0.3) is 0 Å². The molecule has 0 aliphatic carbocycles. The van der Waals surface area contributed by atoms with Crippen molar-refractivity contribution in [2.45, 2.75) is 26.0 Å². The number of carbonyl (C=O) groups excluding carboxylic acids is 1. The van der Waals surface area contributed by atoms with Gasteiger partial charge in [0.2, 0.25) is 5.91 Å². The largest absolute Gasteiger partial charge is 0.382 e. The van der Waals surface area contributed by atoms with Crippen LogP contribution in [0, 0.1) is 0 Å². The van der Waals surface area contributed by atoms with Gasteiger partial charge in [-0.1, -0.05) is 0 Å². The van der Waals surface area contributed by atoms with Gasteiger partial charge in [0.1, 0.15) is 0 Å². The van der Waals surface area contributed by atoms with Gasteiger partial charge in [0.25, 0.3) is 0 Å². The van der Waals surface area contributed by atoms with Crippen LogP contribution in [0.4, 0.5) is 0 Å². The van der Waals surface area contributed by atoms with Crippen molar-refractivity contribution >= 4 is 5.91 Å². The molecule has 0 saturated carbocycles. The van der Waals surface area contributed by atoms with Gasteiger partial charge in [-0.15, -0.1) is 0 Å². The minimum atomic E-state index is 0.0158. The molecule has 1 rings (SSSR count). The Hall–Kier alpha value is -0.650. The number of amides is 1. The molecule has 1 amide bonds. The highest BCUT2D eigenvalue weighted by Crippen LogP contribution is 2.07. The molecule has 1 fully saturated rings. The third-order valence-corrected chi connectivity index (χ3v) is 3.11. The van der Waals surface area contributed by atoms with E-state index in [0.717, 1.165) is 0 Å². The Kier molecular flexibility index (Phi) is 5.88. The van der Waals surface area contributed by atoms with Crippen LogP contribution in [0.5, 0.6) is 0 Å². The SMILES string of the molecule is COC[C@@H]1CN(C(=O)CN(C)C(C)C)CCO1. The van der Waals surface area contributed by atoms with Crippen molar-refractivity contribution < 1.29 is 14.3 Å². The predicted octanol–water partition coefficient (Wildman–Crippen LogP) is 0.200. The molecule has 0 unspecified atom stereocenters. The highest BCUT2D eigenvalue weighted by Gasteiger charge is 2.24. The molecule has 1 aliphatic heterocycles. The van der Waals surface area contributed by atoms with Crippen molar-refractivity contribution in [3.63, 3.8) is 0 Å². The molecule has 1 heterocycles. The summed E-state index contributed by atoms with van der Waals surface area (Å²) in [6, 6.07) is 0.384. The Morgan fingerprint density at radius 3 is 2.88 bits per heavy atom. The molecule has 1 saturated heterocycles. The van der Waals surface area contributed by atoms with Gasteiger partial charge in [-0.3, -0.25) is 9.69 Å². The molecule has 100 valence electrons. The van der Waals surface area contributed by atoms with Crippen LogP contribution in [0.3, 0.4) is 0 Å². The summed E-state index contributed by atoms with van der Waals surface area (Å²) in [7, 11) is 3.62. The average Bonchev–Trinajstić information content (AvgIpc) is 2.29. The Labute approximate surface area is 104 Å². The molecule has 17 heavy (non-hydrogen) atoms. The van der Waals surface area contributed by atoms with E-state index in [4.69, 9.17) is 9.47 Å². The second-order valence-electron chi connectivity index (χ2n) is 4.80. The van der Waals surface area contributed by atoms with Crippen LogP contribution in [0.2, 0.25) is 0 Å². The van der Waals surface area contributed by atoms with Crippen molar-refractivity contribution in [2.24, 2.45) is 0 Å². The van der Waals surface area contributed by atoms with Crippen LogP contribution in [-0.4, -0.2) is 74.9 Å². The number of likely N-dealkylation sites (N-methyl/N-ethyl adjacent to an activating group) is 1. The molecule has 0 aromatic heterocycles. The number of rotatable bonds is 5. The zero-order chi connectivity index (χ0) is 12.8. The summed E-state index contributed by atoms with van der Waals surface area (Å²) in [4.78, 5) is 16.0. The summed E-state index contributed by atoms with van der Waals surface area (Å²) in [5.74, 6) is 0.172. The van der Waals surface area contributed by atoms with Gasteiger partial charge in [-0.25, -0.2) is 0 Å². The summed E-state index contributed by atoms with van der Waals surface area (Å²) >= 11 is 0. The Morgan fingerprint density at radius 2 is 2.29 bits per heavy atom. The Morgan fingerprint density at radius 1 is 1.59 bits per heavy atom. The van der Waals surface area contributed by atoms with Gasteiger partial charge in [0.15, 0.2) is 0 Å². The number of methoxy groups -OCH3 is 1. The number of carbonyl (C=O) groups is 1. The maximum Gasteiger partial charge on any atom is 0.236 e. The topological polar surface area (TPSA) is 42.0 Å². The molecule has 5 heteroatoms. The quantitative estimate of drug-likeness (QED) is 0.693. The van der Waals surface area contributed by atoms with E-state index in [9.17, 15) is 4.79 Å². The monoisotopic (exact) mass is 244 g/mol. The van der Waals surface area contributed by atoms with Crippen molar-refractivity contribution in [1.82, 2.24) is 9.80 Å². The zero-order valence-electron chi connectivity index (χ0n) is 11.3. The van der Waals surface area contributed by atoms with Crippen LogP contribution >= 0.6 is 0 Å². The van der Waals surface area contributed by atoms with E-state index in [-0.39, 0.29) is 12.0 Å². The van der Waals surface area contributed by atoms with Gasteiger partial charge in [0.05, 0.1) is 25.9 Å². The highest BCUT2D eigenvalue weighted by molar-refractivity contribution is 5.78. The minimum absolute atomic E-state index is 0.0158. The number of ether oxygens (including phenoxy) is 2. The lowest BCUT2D eigenvalue weighted by molar-refractivity contribution is -0.142. The molecule has 0 aromatic carbocycles. The minimum Gasteiger partial charge on any atom is -0.382 e. The van der Waals surface area contributed by atoms with Gasteiger partial charge in [-0.05, 0) is 20.9 Å². The second-order valence-corrected chi connectivity index (χ2v) is 4.80. The maximum atomic E-state index is 12.1. The fourth-order valence-electron chi connectivity index (χ4n) is 1.73. The van der Waals surface area contributed by atoms with Crippen LogP contribution < -0.4 is 0 Å². The second kappa shape index (κ2) is 6.93. The first-order chi connectivity index (χ1) is 8.04. The predicted molar refractivity (Wildman–Crippen MR) is 66.0 cm³/mol. The van der Waals surface area contributed by atoms with Crippen LogP contribution in [-0.2, 0) is 14.3 Å². The van der Waals surface area contributed by atoms with E-state index < -0.39 is 0 Å². The fourth-order valence-corrected chi connectivity index (χ4v) is 1.73. The van der Waals surface area contributed by atoms with Crippen molar-refractivity contribution in [3.05, 3.63) is 0 Å². The summed E-state index contributed by atoms with van der Waals surface area (Å²) < 4.78 is 10.6. The first-order valence-electron chi connectivity index (χ1n) is 6.13. The highest BCUT2D eigenvalue weighted by atomic mass is 16.5. The molecule has 0 radical (unpaired) electrons. The fraction of sp³-hybridized carbons (Fsp3) is 0.917. The van der Waals surface area contributed by atoms with E-state index in [1.54, 1.807) is 7.11 Å². The Balaban J connectivity index is 2.40. The standard InChI is InChI=1S/C12H24N2O3/c1-10(2)13(3)8-12(15)14-5-6-17-11(7-14)9-16-4/h10-11H,5-9H2,1-4H3/t11-/m0/s1. The van der Waals surface area contributed by atoms with E-state index in [0.29, 0.717) is 38.9 Å². The van der Waals surface area contributed by atoms with E-state index in [1.807, 2.05) is 16.8 Å². The molecule has 1 atom stereocenters. The molecule has 1 aliphatic rings. The van der Waals surface area contributed by atoms with Gasteiger partial charge < -0.3 is 14.4 Å². The number of nitrogens with zero attached hydrogens (tertiary/aromatic N) is 2. The first kappa shape index (κ1) is 14.4. The van der Waals surface area contributed by atoms with E-state index >= 15 is 0 Å². The average molecular weight is 244 g/mol. The van der Waals surface area contributed by atoms with Crippen molar-refractivity contribution in [1.29, 1.82) is 0 Å². The number of morpholine rings is 1. The summed E-state index contributed by atoms with van der Waals surface area (Å²) in [6.07, 6.45) is 0.0158. The smallest absolute Gasteiger partial charge is 0.236 e. The molecule has 0 N–H and O–H groups in total. The molecular weight excluding hydrogens is 220 g/mol. The van der Waals surface area contributed by atoms with Gasteiger partial charge in [0, 0.05) is 26.2 Å². The molecule has 0 aromatic rings. The van der Waals surface area contributed by atoms with Crippen LogP contribution in [0.15, 0.2) is 0 Å². The molecular formula is C12H24N2O3. The Bertz CT molecular complexity index is 244. The summed E-state index contributed by atoms with van der Waals surface area (Å²) in [6.45, 7) is 7.11. The molecule has 5 nitrogen and oxygen atoms in total. The lowest BCUT2D eigenvalue weighted by atomic mass is 10.2. The first-order valence-corrected chi connectivity index (χ1v) is 6.13. The third-order valence-electron chi connectivity index (χ3n) is 3.11. The van der Waals surface area contributed by atoms with Crippen molar-refractivity contribution in [3.8, 4) is 0 Å². The summed E-state index contributed by atoms with van der Waals surface area (Å²) in [5, 5.41) is 0. The van der Waals surface area contributed by atoms with E-state index in [1.165, 1.54) is 0 Å². The molecule has 0 bridgehead atoms. The number of hydrogen-bond acceptors (Lipinski definition) is 4. The zero-order valence-corrected chi connectivity index (χ0v) is 11.3. The molecule has 0 spiro atoms. The maximum absolute atomic E-state index is 12.1. The lowest BCUT2D eigenvalue weighted by Gasteiger charge is -2.34. The normalized spacial score (nSPS) is 21.3. The summed E-state index contributed by atoms with van der Waals surface area (Å²) in [5.41, 5.74) is 0. The van der Waals surface area contributed by atoms with E-state index in [2.05, 4.69) is 13.8 Å². The van der Waals surface area contributed by atoms with Crippen molar-refractivity contribution in [2.75, 3.05) is 47.0 Å². The van der Waals surface area contributed by atoms with Gasteiger partial charge in [-0.2, -0.15) is 0 Å². The van der Waals surface area contributed by atoms with Gasteiger partial charge >= 0.3 is 0 Å².